The number of nitrogens with zero attached hydrogens (tertiary/aromatic N) is 2. The Balaban J connectivity index is 2.34. The van der Waals surface area contributed by atoms with Crippen LogP contribution in [0.1, 0.15) is 46.5 Å². The van der Waals surface area contributed by atoms with Gasteiger partial charge in [0.25, 0.3) is 0 Å². The van der Waals surface area contributed by atoms with Gasteiger partial charge in [-0.3, -0.25) is 0 Å². The van der Waals surface area contributed by atoms with Crippen molar-refractivity contribution in [3.63, 3.8) is 0 Å². The molecule has 114 valence electrons. The molecule has 3 nitrogen and oxygen atoms in total. The third-order valence-corrected chi connectivity index (χ3v) is 4.85. The molecule has 1 heterocycles. The van der Waals surface area contributed by atoms with Gasteiger partial charge >= 0.3 is 0 Å². The van der Waals surface area contributed by atoms with Gasteiger partial charge in [0.1, 0.15) is 0 Å². The van der Waals surface area contributed by atoms with E-state index in [1.54, 1.807) is 0 Å². The van der Waals surface area contributed by atoms with Crippen molar-refractivity contribution >= 4 is 0 Å². The largest absolute Gasteiger partial charge is 0.316 e. The highest BCUT2D eigenvalue weighted by Gasteiger charge is 2.27. The molecule has 0 amide bonds. The minimum absolute atomic E-state index is 0.454. The number of hydrogen-bond acceptors (Lipinski definition) is 3. The summed E-state index contributed by atoms with van der Waals surface area (Å²) in [6.07, 6.45) is 5.34. The summed E-state index contributed by atoms with van der Waals surface area (Å²) in [5, 5.41) is 3.56. The Morgan fingerprint density at radius 1 is 1.11 bits per heavy atom. The van der Waals surface area contributed by atoms with Gasteiger partial charge in [-0.25, -0.2) is 0 Å². The normalized spacial score (nSPS) is 17.5. The third kappa shape index (κ3) is 5.80. The lowest BCUT2D eigenvalue weighted by Crippen LogP contribution is -2.44. The molecule has 0 unspecified atom stereocenters. The van der Waals surface area contributed by atoms with E-state index in [9.17, 15) is 0 Å². The predicted octanol–water partition coefficient (Wildman–Crippen LogP) is 2.43. The maximum atomic E-state index is 3.56. The van der Waals surface area contributed by atoms with Crippen molar-refractivity contribution in [1.82, 2.24) is 15.1 Å². The number of rotatable bonds is 10. The summed E-state index contributed by atoms with van der Waals surface area (Å²) >= 11 is 0. The molecule has 19 heavy (non-hydrogen) atoms. The third-order valence-electron chi connectivity index (χ3n) is 4.85. The van der Waals surface area contributed by atoms with Crippen LogP contribution in [0.15, 0.2) is 0 Å². The summed E-state index contributed by atoms with van der Waals surface area (Å²) < 4.78 is 0. The lowest BCUT2D eigenvalue weighted by atomic mass is 9.81. The minimum Gasteiger partial charge on any atom is -0.316 e. The summed E-state index contributed by atoms with van der Waals surface area (Å²) in [7, 11) is 2.29. The van der Waals surface area contributed by atoms with Crippen LogP contribution in [0.4, 0.5) is 0 Å². The average molecular weight is 269 g/mol. The van der Waals surface area contributed by atoms with E-state index in [1.165, 1.54) is 58.4 Å². The predicted molar refractivity (Wildman–Crippen MR) is 84.7 cm³/mol. The van der Waals surface area contributed by atoms with Gasteiger partial charge in [0, 0.05) is 26.2 Å². The van der Waals surface area contributed by atoms with Crippen LogP contribution in [0.3, 0.4) is 0 Å². The van der Waals surface area contributed by atoms with Crippen molar-refractivity contribution in [3.8, 4) is 0 Å². The van der Waals surface area contributed by atoms with Gasteiger partial charge in [-0.2, -0.15) is 0 Å². The molecule has 0 saturated carbocycles. The van der Waals surface area contributed by atoms with Gasteiger partial charge < -0.3 is 15.1 Å². The van der Waals surface area contributed by atoms with Crippen molar-refractivity contribution in [2.45, 2.75) is 46.5 Å². The molecule has 0 aromatic heterocycles. The van der Waals surface area contributed by atoms with Crippen LogP contribution in [0, 0.1) is 5.41 Å². The lowest BCUT2D eigenvalue weighted by Gasteiger charge is -2.36. The van der Waals surface area contributed by atoms with Gasteiger partial charge in [0.15, 0.2) is 0 Å². The van der Waals surface area contributed by atoms with Crippen LogP contribution in [0.25, 0.3) is 0 Å². The van der Waals surface area contributed by atoms with Crippen LogP contribution >= 0.6 is 0 Å². The molecule has 1 N–H and O–H groups in total. The zero-order chi connectivity index (χ0) is 14.1. The second-order valence-corrected chi connectivity index (χ2v) is 6.27. The van der Waals surface area contributed by atoms with Crippen LogP contribution in [0.5, 0.6) is 0 Å². The molecule has 0 spiro atoms. The fourth-order valence-electron chi connectivity index (χ4n) is 3.14. The molecule has 1 aliphatic rings. The lowest BCUT2D eigenvalue weighted by molar-refractivity contribution is 0.145. The summed E-state index contributed by atoms with van der Waals surface area (Å²) in [6, 6.07) is 0. The zero-order valence-electron chi connectivity index (χ0n) is 13.7. The molecule has 1 aliphatic heterocycles. The average Bonchev–Trinajstić information content (AvgIpc) is 2.94. The Morgan fingerprint density at radius 3 is 2.26 bits per heavy atom. The monoisotopic (exact) mass is 269 g/mol. The SMILES string of the molecule is CCNCC(CC)(CC)CN(C)CCN1CCCC1. The summed E-state index contributed by atoms with van der Waals surface area (Å²) in [6.45, 7) is 15.5. The van der Waals surface area contributed by atoms with E-state index in [0.29, 0.717) is 5.41 Å². The van der Waals surface area contributed by atoms with Crippen LogP contribution in [0.2, 0.25) is 0 Å². The molecule has 3 heteroatoms. The maximum absolute atomic E-state index is 3.56. The molecule has 0 aliphatic carbocycles. The number of hydrogen-bond donors (Lipinski definition) is 1. The number of likely N-dealkylation sites (tertiary alicyclic amines) is 1. The molecule has 0 bridgehead atoms. The summed E-state index contributed by atoms with van der Waals surface area (Å²) in [4.78, 5) is 5.16. The highest BCUT2D eigenvalue weighted by Crippen LogP contribution is 2.26. The summed E-state index contributed by atoms with van der Waals surface area (Å²) in [5.74, 6) is 0. The van der Waals surface area contributed by atoms with Gasteiger partial charge in [-0.15, -0.1) is 0 Å². The van der Waals surface area contributed by atoms with Crippen molar-refractivity contribution in [2.75, 3.05) is 52.9 Å². The van der Waals surface area contributed by atoms with E-state index in [4.69, 9.17) is 0 Å². The van der Waals surface area contributed by atoms with Gasteiger partial charge in [-0.1, -0.05) is 20.8 Å². The Labute approximate surface area is 120 Å². The number of nitrogens with one attached hydrogen (secondary N) is 1. The van der Waals surface area contributed by atoms with Crippen molar-refractivity contribution in [2.24, 2.45) is 5.41 Å². The Bertz CT molecular complexity index is 220. The van der Waals surface area contributed by atoms with Crippen molar-refractivity contribution < 1.29 is 0 Å². The highest BCUT2D eigenvalue weighted by molar-refractivity contribution is 4.82. The molecular formula is C16H35N3. The second kappa shape index (κ2) is 8.93. The van der Waals surface area contributed by atoms with Crippen LogP contribution in [-0.2, 0) is 0 Å². The quantitative estimate of drug-likeness (QED) is 0.657. The molecule has 1 rings (SSSR count). The number of likely N-dealkylation sites (N-methyl/N-ethyl adjacent to an activating group) is 1. The minimum atomic E-state index is 0.454. The Hall–Kier alpha value is -0.120. The first-order chi connectivity index (χ1) is 9.15. The molecular weight excluding hydrogens is 234 g/mol. The van der Waals surface area contributed by atoms with E-state index < -0.39 is 0 Å². The standard InChI is InChI=1S/C16H35N3/c1-5-16(6-2,14-17-7-3)15-18(4)12-13-19-10-8-9-11-19/h17H,5-15H2,1-4H3. The maximum Gasteiger partial charge on any atom is 0.0109 e. The molecule has 0 atom stereocenters. The van der Waals surface area contributed by atoms with E-state index >= 15 is 0 Å². The van der Waals surface area contributed by atoms with Crippen molar-refractivity contribution in [3.05, 3.63) is 0 Å². The van der Waals surface area contributed by atoms with Crippen molar-refractivity contribution in [1.29, 1.82) is 0 Å². The van der Waals surface area contributed by atoms with E-state index in [2.05, 4.69) is 42.9 Å². The van der Waals surface area contributed by atoms with Crippen LogP contribution in [-0.4, -0.2) is 62.7 Å². The van der Waals surface area contributed by atoms with E-state index in [-0.39, 0.29) is 0 Å². The molecule has 1 fully saturated rings. The first-order valence-corrected chi connectivity index (χ1v) is 8.27. The second-order valence-electron chi connectivity index (χ2n) is 6.27. The topological polar surface area (TPSA) is 18.5 Å². The molecule has 1 saturated heterocycles. The van der Waals surface area contributed by atoms with E-state index in [0.717, 1.165) is 13.1 Å². The first kappa shape index (κ1) is 16.9. The zero-order valence-corrected chi connectivity index (χ0v) is 13.7. The van der Waals surface area contributed by atoms with Gasteiger partial charge in [0.2, 0.25) is 0 Å². The fraction of sp³-hybridized carbons (Fsp3) is 1.00. The Kier molecular flexibility index (Phi) is 7.96. The fourth-order valence-corrected chi connectivity index (χ4v) is 3.14. The van der Waals surface area contributed by atoms with Gasteiger partial charge in [-0.05, 0) is 57.8 Å². The smallest absolute Gasteiger partial charge is 0.0109 e. The molecule has 0 radical (unpaired) electrons. The van der Waals surface area contributed by atoms with E-state index in [1.807, 2.05) is 0 Å². The highest BCUT2D eigenvalue weighted by atomic mass is 15.2. The van der Waals surface area contributed by atoms with Gasteiger partial charge in [0.05, 0.1) is 0 Å². The molecule has 0 aromatic carbocycles. The molecule has 0 aromatic rings. The van der Waals surface area contributed by atoms with Crippen LogP contribution < -0.4 is 5.32 Å². The first-order valence-electron chi connectivity index (χ1n) is 8.27. The summed E-state index contributed by atoms with van der Waals surface area (Å²) in [5.41, 5.74) is 0.454. The Morgan fingerprint density at radius 2 is 1.74 bits per heavy atom.